The van der Waals surface area contributed by atoms with Crippen LogP contribution < -0.4 is 20.9 Å². The standard InChI is InChI=1S/C19H22Cl2N6O2/c1-12(28)25-17-8-18(24-11-23-17)27-4-2-3-15(10-27)26-19(29)9-22-16-6-13(20)5-14(21)7-16/h5-8,11,15,22H,2-4,9-10H2,1H3,(H,26,29)(H,23,24,25,28). The Morgan fingerprint density at radius 3 is 2.66 bits per heavy atom. The molecule has 154 valence electrons. The minimum Gasteiger partial charge on any atom is -0.376 e. The van der Waals surface area contributed by atoms with E-state index in [4.69, 9.17) is 23.2 Å². The number of hydrogen-bond donors (Lipinski definition) is 3. The average molecular weight is 437 g/mol. The fourth-order valence-electron chi connectivity index (χ4n) is 3.19. The molecule has 2 heterocycles. The molecule has 1 aliphatic rings. The van der Waals surface area contributed by atoms with Crippen LogP contribution in [-0.2, 0) is 9.59 Å². The van der Waals surface area contributed by atoms with Crippen molar-refractivity contribution in [3.8, 4) is 0 Å². The number of halogens is 2. The van der Waals surface area contributed by atoms with E-state index >= 15 is 0 Å². The van der Waals surface area contributed by atoms with Crippen LogP contribution in [-0.4, -0.2) is 47.5 Å². The Hall–Kier alpha value is -2.58. The number of carbonyl (C=O) groups excluding carboxylic acids is 2. The Balaban J connectivity index is 1.54. The quantitative estimate of drug-likeness (QED) is 0.643. The summed E-state index contributed by atoms with van der Waals surface area (Å²) in [5, 5.41) is 9.74. The molecule has 1 aromatic carbocycles. The molecule has 0 radical (unpaired) electrons. The third-order valence-corrected chi connectivity index (χ3v) is 4.82. The number of nitrogens with one attached hydrogen (secondary N) is 3. The van der Waals surface area contributed by atoms with Crippen LogP contribution in [0.15, 0.2) is 30.6 Å². The number of anilines is 3. The zero-order valence-electron chi connectivity index (χ0n) is 15.9. The molecule has 0 bridgehead atoms. The smallest absolute Gasteiger partial charge is 0.239 e. The van der Waals surface area contributed by atoms with Gasteiger partial charge >= 0.3 is 0 Å². The Morgan fingerprint density at radius 2 is 1.93 bits per heavy atom. The van der Waals surface area contributed by atoms with Crippen LogP contribution in [0.2, 0.25) is 10.0 Å². The lowest BCUT2D eigenvalue weighted by atomic mass is 10.1. The molecule has 1 saturated heterocycles. The Labute approximate surface area is 179 Å². The number of hydrogen-bond acceptors (Lipinski definition) is 6. The van der Waals surface area contributed by atoms with Gasteiger partial charge in [0.2, 0.25) is 11.8 Å². The summed E-state index contributed by atoms with van der Waals surface area (Å²) in [7, 11) is 0. The van der Waals surface area contributed by atoms with Crippen LogP contribution in [0.25, 0.3) is 0 Å². The van der Waals surface area contributed by atoms with Crippen molar-refractivity contribution in [2.45, 2.75) is 25.8 Å². The summed E-state index contributed by atoms with van der Waals surface area (Å²) >= 11 is 11.9. The highest BCUT2D eigenvalue weighted by Crippen LogP contribution is 2.22. The number of piperidine rings is 1. The normalized spacial score (nSPS) is 16.2. The predicted octanol–water partition coefficient (Wildman–Crippen LogP) is 2.94. The van der Waals surface area contributed by atoms with Gasteiger partial charge < -0.3 is 20.9 Å². The maximum atomic E-state index is 12.3. The van der Waals surface area contributed by atoms with Gasteiger partial charge in [-0.25, -0.2) is 9.97 Å². The second kappa shape index (κ2) is 9.76. The zero-order valence-corrected chi connectivity index (χ0v) is 17.4. The molecule has 0 saturated carbocycles. The Bertz CT molecular complexity index is 875. The molecule has 2 aromatic rings. The maximum absolute atomic E-state index is 12.3. The Morgan fingerprint density at radius 1 is 1.17 bits per heavy atom. The van der Waals surface area contributed by atoms with Crippen LogP contribution in [0.1, 0.15) is 19.8 Å². The third kappa shape index (κ3) is 6.47. The van der Waals surface area contributed by atoms with Crippen molar-refractivity contribution in [2.24, 2.45) is 0 Å². The molecule has 0 aliphatic carbocycles. The van der Waals surface area contributed by atoms with Gasteiger partial charge in [0.05, 0.1) is 6.54 Å². The second-order valence-electron chi connectivity index (χ2n) is 6.81. The summed E-state index contributed by atoms with van der Waals surface area (Å²) in [6.45, 7) is 3.00. The topological polar surface area (TPSA) is 99.2 Å². The Kier molecular flexibility index (Phi) is 7.11. The molecule has 8 nitrogen and oxygen atoms in total. The third-order valence-electron chi connectivity index (χ3n) is 4.38. The minimum atomic E-state index is -0.188. The molecule has 3 rings (SSSR count). The van der Waals surface area contributed by atoms with Crippen LogP contribution in [0.4, 0.5) is 17.3 Å². The molecule has 1 atom stereocenters. The molecule has 1 aromatic heterocycles. The molecule has 0 spiro atoms. The van der Waals surface area contributed by atoms with Gasteiger partial charge in [-0.2, -0.15) is 0 Å². The van der Waals surface area contributed by atoms with Crippen LogP contribution >= 0.6 is 23.2 Å². The van der Waals surface area contributed by atoms with Crippen molar-refractivity contribution in [3.63, 3.8) is 0 Å². The first-order chi connectivity index (χ1) is 13.9. The van der Waals surface area contributed by atoms with Crippen molar-refractivity contribution < 1.29 is 9.59 Å². The monoisotopic (exact) mass is 436 g/mol. The summed E-state index contributed by atoms with van der Waals surface area (Å²) in [6.07, 6.45) is 3.22. The summed E-state index contributed by atoms with van der Waals surface area (Å²) in [5.41, 5.74) is 0.689. The van der Waals surface area contributed by atoms with Crippen molar-refractivity contribution in [2.75, 3.05) is 35.2 Å². The molecule has 1 unspecified atom stereocenters. The molecule has 1 aliphatic heterocycles. The largest absolute Gasteiger partial charge is 0.376 e. The van der Waals surface area contributed by atoms with Gasteiger partial charge in [-0.3, -0.25) is 9.59 Å². The summed E-state index contributed by atoms with van der Waals surface area (Å²) in [5.74, 6) is 0.869. The first-order valence-electron chi connectivity index (χ1n) is 9.23. The van der Waals surface area contributed by atoms with Gasteiger partial charge in [0.1, 0.15) is 18.0 Å². The van der Waals surface area contributed by atoms with E-state index in [9.17, 15) is 9.59 Å². The van der Waals surface area contributed by atoms with E-state index in [0.29, 0.717) is 28.1 Å². The van der Waals surface area contributed by atoms with E-state index in [-0.39, 0.29) is 24.4 Å². The molecular weight excluding hydrogens is 415 g/mol. The van der Waals surface area contributed by atoms with Gasteiger partial charge in [0, 0.05) is 47.9 Å². The number of rotatable bonds is 6. The average Bonchev–Trinajstić information content (AvgIpc) is 2.66. The fraction of sp³-hybridized carbons (Fsp3) is 0.368. The highest BCUT2D eigenvalue weighted by Gasteiger charge is 2.22. The highest BCUT2D eigenvalue weighted by molar-refractivity contribution is 6.35. The zero-order chi connectivity index (χ0) is 20.8. The second-order valence-corrected chi connectivity index (χ2v) is 7.68. The first-order valence-corrected chi connectivity index (χ1v) is 9.98. The maximum Gasteiger partial charge on any atom is 0.239 e. The van der Waals surface area contributed by atoms with Crippen LogP contribution in [0, 0.1) is 0 Å². The lowest BCUT2D eigenvalue weighted by Gasteiger charge is -2.34. The van der Waals surface area contributed by atoms with E-state index in [2.05, 4.69) is 30.8 Å². The first kappa shape index (κ1) is 21.1. The number of aromatic nitrogens is 2. The van der Waals surface area contributed by atoms with Crippen LogP contribution in [0.3, 0.4) is 0 Å². The van der Waals surface area contributed by atoms with Crippen molar-refractivity contribution in [3.05, 3.63) is 40.6 Å². The van der Waals surface area contributed by atoms with Gasteiger partial charge in [0.15, 0.2) is 0 Å². The molecule has 1 fully saturated rings. The van der Waals surface area contributed by atoms with E-state index in [1.54, 1.807) is 24.3 Å². The molecule has 2 amide bonds. The van der Waals surface area contributed by atoms with Gasteiger partial charge in [0.25, 0.3) is 0 Å². The van der Waals surface area contributed by atoms with E-state index in [0.717, 1.165) is 25.2 Å². The number of carbonyl (C=O) groups is 2. The molecule has 3 N–H and O–H groups in total. The van der Waals surface area contributed by atoms with E-state index in [1.165, 1.54) is 13.3 Å². The summed E-state index contributed by atoms with van der Waals surface area (Å²) in [4.78, 5) is 34.0. The van der Waals surface area contributed by atoms with Crippen molar-refractivity contribution in [1.82, 2.24) is 15.3 Å². The minimum absolute atomic E-state index is 0.000167. The predicted molar refractivity (Wildman–Crippen MR) is 115 cm³/mol. The van der Waals surface area contributed by atoms with Crippen molar-refractivity contribution >= 4 is 52.3 Å². The van der Waals surface area contributed by atoms with Gasteiger partial charge in [-0.05, 0) is 31.0 Å². The molecule has 10 heteroatoms. The van der Waals surface area contributed by atoms with E-state index in [1.807, 2.05) is 0 Å². The number of amides is 2. The number of benzene rings is 1. The van der Waals surface area contributed by atoms with Crippen LogP contribution in [0.5, 0.6) is 0 Å². The van der Waals surface area contributed by atoms with Gasteiger partial charge in [-0.1, -0.05) is 23.2 Å². The van der Waals surface area contributed by atoms with Gasteiger partial charge in [-0.15, -0.1) is 0 Å². The molecule has 29 heavy (non-hydrogen) atoms. The summed E-state index contributed by atoms with van der Waals surface area (Å²) in [6, 6.07) is 6.79. The highest BCUT2D eigenvalue weighted by atomic mass is 35.5. The number of nitrogens with zero attached hydrogens (tertiary/aromatic N) is 3. The van der Waals surface area contributed by atoms with E-state index < -0.39 is 0 Å². The SMILES string of the molecule is CC(=O)Nc1cc(N2CCCC(NC(=O)CNc3cc(Cl)cc(Cl)c3)C2)ncn1. The lowest BCUT2D eigenvalue weighted by molar-refractivity contribution is -0.120. The summed E-state index contributed by atoms with van der Waals surface area (Å²) < 4.78 is 0. The molecular formula is C19H22Cl2N6O2. The lowest BCUT2D eigenvalue weighted by Crippen LogP contribution is -2.49. The van der Waals surface area contributed by atoms with Crippen molar-refractivity contribution in [1.29, 1.82) is 0 Å². The fourth-order valence-corrected chi connectivity index (χ4v) is 3.71.